The highest BCUT2D eigenvalue weighted by Gasteiger charge is 2.35. The topological polar surface area (TPSA) is 91.8 Å². The van der Waals surface area contributed by atoms with Crippen molar-refractivity contribution >= 4 is 29.1 Å². The summed E-state index contributed by atoms with van der Waals surface area (Å²) in [5, 5.41) is 13.9. The SMILES string of the molecule is O=C(Nc1ccc(C(O)C2COCC(=O)N2Cc2ccccc2F)cc1)c1ccnc(Cl)c1. The predicted molar refractivity (Wildman–Crippen MR) is 120 cm³/mol. The van der Waals surface area contributed by atoms with Crippen LogP contribution in [0.4, 0.5) is 10.1 Å². The number of amides is 2. The number of benzene rings is 2. The molecule has 1 aliphatic heterocycles. The lowest BCUT2D eigenvalue weighted by molar-refractivity contribution is -0.155. The number of aliphatic hydroxyl groups is 1. The van der Waals surface area contributed by atoms with Crippen molar-refractivity contribution < 1.29 is 23.8 Å². The van der Waals surface area contributed by atoms with Gasteiger partial charge in [-0.15, -0.1) is 0 Å². The van der Waals surface area contributed by atoms with Crippen LogP contribution < -0.4 is 5.32 Å². The van der Waals surface area contributed by atoms with Gasteiger partial charge in [0.25, 0.3) is 5.91 Å². The molecule has 2 amide bonds. The van der Waals surface area contributed by atoms with Crippen molar-refractivity contribution in [2.45, 2.75) is 18.7 Å². The molecular weight excluding hydrogens is 449 g/mol. The van der Waals surface area contributed by atoms with Gasteiger partial charge in [0.05, 0.1) is 12.6 Å². The van der Waals surface area contributed by atoms with Gasteiger partial charge in [-0.2, -0.15) is 0 Å². The van der Waals surface area contributed by atoms with Gasteiger partial charge in [-0.1, -0.05) is 41.9 Å². The van der Waals surface area contributed by atoms with Crippen molar-refractivity contribution in [2.75, 3.05) is 18.5 Å². The van der Waals surface area contributed by atoms with E-state index in [4.69, 9.17) is 16.3 Å². The van der Waals surface area contributed by atoms with Crippen LogP contribution in [-0.4, -0.2) is 46.1 Å². The Bertz CT molecular complexity index is 1160. The highest BCUT2D eigenvalue weighted by Crippen LogP contribution is 2.27. The summed E-state index contributed by atoms with van der Waals surface area (Å²) in [6.07, 6.45) is 0.377. The van der Waals surface area contributed by atoms with E-state index in [1.54, 1.807) is 48.5 Å². The molecule has 3 aromatic rings. The van der Waals surface area contributed by atoms with E-state index < -0.39 is 18.0 Å². The van der Waals surface area contributed by atoms with Crippen molar-refractivity contribution in [2.24, 2.45) is 0 Å². The number of carbonyl (C=O) groups is 2. The maximum Gasteiger partial charge on any atom is 0.255 e. The second-order valence-corrected chi connectivity index (χ2v) is 7.97. The molecule has 2 heterocycles. The molecule has 2 atom stereocenters. The van der Waals surface area contributed by atoms with Gasteiger partial charge < -0.3 is 20.1 Å². The van der Waals surface area contributed by atoms with Gasteiger partial charge >= 0.3 is 0 Å². The normalized spacial score (nSPS) is 17.0. The van der Waals surface area contributed by atoms with E-state index in [2.05, 4.69) is 10.3 Å². The molecule has 0 bridgehead atoms. The van der Waals surface area contributed by atoms with E-state index in [9.17, 15) is 19.1 Å². The van der Waals surface area contributed by atoms with Crippen molar-refractivity contribution in [1.29, 1.82) is 0 Å². The summed E-state index contributed by atoms with van der Waals surface area (Å²) < 4.78 is 19.5. The molecule has 9 heteroatoms. The van der Waals surface area contributed by atoms with Crippen molar-refractivity contribution in [3.05, 3.63) is 94.5 Å². The first-order valence-corrected chi connectivity index (χ1v) is 10.6. The molecule has 7 nitrogen and oxygen atoms in total. The van der Waals surface area contributed by atoms with Crippen LogP contribution in [0, 0.1) is 5.82 Å². The second kappa shape index (κ2) is 10.1. The third-order valence-corrected chi connectivity index (χ3v) is 5.60. The van der Waals surface area contributed by atoms with Crippen LogP contribution in [0.5, 0.6) is 0 Å². The maximum absolute atomic E-state index is 14.1. The minimum absolute atomic E-state index is 0.0270. The summed E-state index contributed by atoms with van der Waals surface area (Å²) in [7, 11) is 0. The van der Waals surface area contributed by atoms with E-state index in [-0.39, 0.29) is 36.7 Å². The number of pyridine rings is 1. The average molecular weight is 470 g/mol. The van der Waals surface area contributed by atoms with Gasteiger partial charge in [-0.25, -0.2) is 9.37 Å². The minimum atomic E-state index is -1.07. The van der Waals surface area contributed by atoms with Gasteiger partial charge in [0.2, 0.25) is 5.91 Å². The Labute approximate surface area is 194 Å². The van der Waals surface area contributed by atoms with Gasteiger partial charge in [0.15, 0.2) is 0 Å². The van der Waals surface area contributed by atoms with Crippen LogP contribution in [-0.2, 0) is 16.1 Å². The number of halogens is 2. The molecule has 4 rings (SSSR count). The number of morpholine rings is 1. The summed E-state index contributed by atoms with van der Waals surface area (Å²) in [5.41, 5.74) is 1.77. The Morgan fingerprint density at radius 1 is 1.24 bits per heavy atom. The third-order valence-electron chi connectivity index (χ3n) is 5.40. The predicted octanol–water partition coefficient (Wildman–Crippen LogP) is 3.59. The van der Waals surface area contributed by atoms with E-state index in [0.717, 1.165) is 0 Å². The van der Waals surface area contributed by atoms with Crippen LogP contribution in [0.3, 0.4) is 0 Å². The first-order valence-electron chi connectivity index (χ1n) is 10.2. The molecular formula is C24H21ClFN3O4. The molecule has 0 saturated carbocycles. The molecule has 1 aromatic heterocycles. The monoisotopic (exact) mass is 469 g/mol. The van der Waals surface area contributed by atoms with Gasteiger partial charge in [-0.3, -0.25) is 9.59 Å². The molecule has 2 unspecified atom stereocenters. The molecule has 1 aliphatic rings. The van der Waals surface area contributed by atoms with Crippen LogP contribution in [0.15, 0.2) is 66.9 Å². The number of ether oxygens (including phenoxy) is 1. The van der Waals surface area contributed by atoms with E-state index >= 15 is 0 Å². The summed E-state index contributed by atoms with van der Waals surface area (Å²) >= 11 is 5.83. The smallest absolute Gasteiger partial charge is 0.255 e. The second-order valence-electron chi connectivity index (χ2n) is 7.58. The molecule has 0 radical (unpaired) electrons. The fourth-order valence-electron chi connectivity index (χ4n) is 3.63. The number of anilines is 1. The molecule has 2 aromatic carbocycles. The Kier molecular flexibility index (Phi) is 6.98. The summed E-state index contributed by atoms with van der Waals surface area (Å²) in [6, 6.07) is 15.1. The molecule has 1 fully saturated rings. The first kappa shape index (κ1) is 22.8. The zero-order chi connectivity index (χ0) is 23.4. The average Bonchev–Trinajstić information content (AvgIpc) is 2.82. The number of rotatable bonds is 6. The third kappa shape index (κ3) is 5.36. The lowest BCUT2D eigenvalue weighted by atomic mass is 9.99. The van der Waals surface area contributed by atoms with Gasteiger partial charge in [0, 0.05) is 29.6 Å². The standard InChI is InChI=1S/C24H21ClFN3O4/c25-21-11-16(9-10-27-21)24(32)28-18-7-5-15(6-8-18)23(31)20-13-33-14-22(30)29(20)12-17-3-1-2-4-19(17)26/h1-11,20,23,31H,12-14H2,(H,28,32). The number of hydrogen-bond acceptors (Lipinski definition) is 5. The highest BCUT2D eigenvalue weighted by atomic mass is 35.5. The van der Waals surface area contributed by atoms with Crippen molar-refractivity contribution in [1.82, 2.24) is 9.88 Å². The molecule has 2 N–H and O–H groups in total. The van der Waals surface area contributed by atoms with Crippen LogP contribution >= 0.6 is 11.6 Å². The molecule has 170 valence electrons. The Hall–Kier alpha value is -3.33. The molecule has 1 saturated heterocycles. The quantitative estimate of drug-likeness (QED) is 0.538. The number of aliphatic hydroxyl groups excluding tert-OH is 1. The number of aromatic nitrogens is 1. The summed E-state index contributed by atoms with van der Waals surface area (Å²) in [4.78, 5) is 30.2. The zero-order valence-corrected chi connectivity index (χ0v) is 18.2. The highest BCUT2D eigenvalue weighted by molar-refractivity contribution is 6.29. The number of hydrogen-bond donors (Lipinski definition) is 2. The van der Waals surface area contributed by atoms with Gasteiger partial charge in [0.1, 0.15) is 23.7 Å². The molecule has 0 aliphatic carbocycles. The van der Waals surface area contributed by atoms with E-state index in [0.29, 0.717) is 22.4 Å². The minimum Gasteiger partial charge on any atom is -0.386 e. The van der Waals surface area contributed by atoms with Crippen LogP contribution in [0.1, 0.15) is 27.6 Å². The number of nitrogens with zero attached hydrogens (tertiary/aromatic N) is 2. The van der Waals surface area contributed by atoms with E-state index in [1.807, 2.05) is 0 Å². The maximum atomic E-state index is 14.1. The van der Waals surface area contributed by atoms with Crippen LogP contribution in [0.2, 0.25) is 5.15 Å². The molecule has 33 heavy (non-hydrogen) atoms. The Morgan fingerprint density at radius 2 is 2.00 bits per heavy atom. The van der Waals surface area contributed by atoms with Crippen molar-refractivity contribution in [3.8, 4) is 0 Å². The first-order chi connectivity index (χ1) is 15.9. The summed E-state index contributed by atoms with van der Waals surface area (Å²) in [5.74, 6) is -1.09. The van der Waals surface area contributed by atoms with Gasteiger partial charge in [-0.05, 0) is 35.9 Å². The zero-order valence-electron chi connectivity index (χ0n) is 17.4. The van der Waals surface area contributed by atoms with Crippen molar-refractivity contribution in [3.63, 3.8) is 0 Å². The van der Waals surface area contributed by atoms with Crippen LogP contribution in [0.25, 0.3) is 0 Å². The largest absolute Gasteiger partial charge is 0.386 e. The fraction of sp³-hybridized carbons (Fsp3) is 0.208. The number of carbonyl (C=O) groups excluding carboxylic acids is 2. The Morgan fingerprint density at radius 3 is 2.73 bits per heavy atom. The lowest BCUT2D eigenvalue weighted by Gasteiger charge is -2.38. The van der Waals surface area contributed by atoms with E-state index in [1.165, 1.54) is 23.2 Å². The molecule has 0 spiro atoms. The summed E-state index contributed by atoms with van der Waals surface area (Å²) in [6.45, 7) is 0.0174. The fourth-order valence-corrected chi connectivity index (χ4v) is 3.81. The lowest BCUT2D eigenvalue weighted by Crippen LogP contribution is -2.51. The Balaban J connectivity index is 1.48. The number of nitrogens with one attached hydrogen (secondary N) is 1.